The van der Waals surface area contributed by atoms with E-state index in [0.717, 1.165) is 32.7 Å². The zero-order valence-corrected chi connectivity index (χ0v) is 12.6. The van der Waals surface area contributed by atoms with Crippen molar-refractivity contribution in [1.82, 2.24) is 4.90 Å². The normalized spacial score (nSPS) is 21.2. The molecule has 1 saturated heterocycles. The zero-order valence-electron chi connectivity index (χ0n) is 12.6. The van der Waals surface area contributed by atoms with E-state index in [1.54, 1.807) is 12.1 Å². The minimum atomic E-state index is -0.399. The standard InChI is InChI=1S/C16H22N2O4/c19-18(20)15-2-1-3-16(10-15)22-9-7-17(14-4-5-14)11-13-6-8-21-12-13/h1-3,10,13-14H,4-9,11-12H2/t13-/m1/s1. The first-order valence-corrected chi connectivity index (χ1v) is 7.91. The van der Waals surface area contributed by atoms with Crippen molar-refractivity contribution in [1.29, 1.82) is 0 Å². The van der Waals surface area contributed by atoms with Crippen molar-refractivity contribution in [2.45, 2.75) is 25.3 Å². The van der Waals surface area contributed by atoms with Crippen LogP contribution in [0.4, 0.5) is 5.69 Å². The Hall–Kier alpha value is -1.66. The van der Waals surface area contributed by atoms with E-state index in [4.69, 9.17) is 9.47 Å². The number of nitro benzene ring substituents is 1. The van der Waals surface area contributed by atoms with Gasteiger partial charge in [-0.05, 0) is 31.2 Å². The SMILES string of the molecule is O=[N+]([O-])c1cccc(OCCN(C[C@H]2CCOC2)C2CC2)c1. The summed E-state index contributed by atoms with van der Waals surface area (Å²) in [5, 5.41) is 10.8. The van der Waals surface area contributed by atoms with Crippen LogP contribution in [0.1, 0.15) is 19.3 Å². The highest BCUT2D eigenvalue weighted by molar-refractivity contribution is 5.37. The second kappa shape index (κ2) is 7.07. The topological polar surface area (TPSA) is 64.8 Å². The van der Waals surface area contributed by atoms with Gasteiger partial charge in [0.05, 0.1) is 17.6 Å². The van der Waals surface area contributed by atoms with Gasteiger partial charge < -0.3 is 9.47 Å². The maximum absolute atomic E-state index is 10.8. The fourth-order valence-corrected chi connectivity index (χ4v) is 2.89. The molecular formula is C16H22N2O4. The van der Waals surface area contributed by atoms with E-state index >= 15 is 0 Å². The Labute approximate surface area is 130 Å². The van der Waals surface area contributed by atoms with Gasteiger partial charge in [0, 0.05) is 31.8 Å². The molecule has 0 N–H and O–H groups in total. The molecule has 1 aromatic carbocycles. The third-order valence-corrected chi connectivity index (χ3v) is 4.26. The Bertz CT molecular complexity index is 513. The first-order chi connectivity index (χ1) is 10.7. The van der Waals surface area contributed by atoms with Gasteiger partial charge in [-0.2, -0.15) is 0 Å². The molecule has 1 heterocycles. The van der Waals surface area contributed by atoms with Crippen LogP contribution in [0.15, 0.2) is 24.3 Å². The van der Waals surface area contributed by atoms with Crippen molar-refractivity contribution in [3.8, 4) is 5.75 Å². The summed E-state index contributed by atoms with van der Waals surface area (Å²) < 4.78 is 11.1. The van der Waals surface area contributed by atoms with Gasteiger partial charge in [0.2, 0.25) is 0 Å². The monoisotopic (exact) mass is 306 g/mol. The lowest BCUT2D eigenvalue weighted by atomic mass is 10.1. The van der Waals surface area contributed by atoms with Crippen LogP contribution in [0.5, 0.6) is 5.75 Å². The number of non-ortho nitro benzene ring substituents is 1. The lowest BCUT2D eigenvalue weighted by Gasteiger charge is -2.24. The average Bonchev–Trinajstić information content (AvgIpc) is 3.24. The van der Waals surface area contributed by atoms with Gasteiger partial charge in [-0.15, -0.1) is 0 Å². The number of hydrogen-bond acceptors (Lipinski definition) is 5. The maximum atomic E-state index is 10.8. The molecule has 0 bridgehead atoms. The van der Waals surface area contributed by atoms with E-state index in [2.05, 4.69) is 4.90 Å². The molecule has 2 aliphatic rings. The quantitative estimate of drug-likeness (QED) is 0.545. The molecule has 0 radical (unpaired) electrons. The Morgan fingerprint density at radius 1 is 1.36 bits per heavy atom. The fourth-order valence-electron chi connectivity index (χ4n) is 2.89. The summed E-state index contributed by atoms with van der Waals surface area (Å²) in [5.41, 5.74) is 0.0691. The highest BCUT2D eigenvalue weighted by Crippen LogP contribution is 2.28. The third kappa shape index (κ3) is 4.18. The highest BCUT2D eigenvalue weighted by Gasteiger charge is 2.31. The summed E-state index contributed by atoms with van der Waals surface area (Å²) in [6, 6.07) is 7.06. The third-order valence-electron chi connectivity index (χ3n) is 4.26. The van der Waals surface area contributed by atoms with Crippen molar-refractivity contribution in [3.05, 3.63) is 34.4 Å². The summed E-state index contributed by atoms with van der Waals surface area (Å²) in [6.07, 6.45) is 3.68. The summed E-state index contributed by atoms with van der Waals surface area (Å²) in [5.74, 6) is 1.20. The molecule has 1 saturated carbocycles. The first kappa shape index (κ1) is 15.2. The Balaban J connectivity index is 1.47. The van der Waals surface area contributed by atoms with Crippen molar-refractivity contribution in [2.24, 2.45) is 5.92 Å². The van der Waals surface area contributed by atoms with E-state index in [1.165, 1.54) is 25.0 Å². The molecule has 2 fully saturated rings. The summed E-state index contributed by atoms with van der Waals surface area (Å²) in [6.45, 7) is 4.25. The predicted molar refractivity (Wildman–Crippen MR) is 82.1 cm³/mol. The molecule has 6 nitrogen and oxygen atoms in total. The van der Waals surface area contributed by atoms with Gasteiger partial charge in [0.1, 0.15) is 12.4 Å². The molecule has 22 heavy (non-hydrogen) atoms. The minimum absolute atomic E-state index is 0.0691. The van der Waals surface area contributed by atoms with Crippen LogP contribution in [-0.4, -0.2) is 48.8 Å². The largest absolute Gasteiger partial charge is 0.492 e. The van der Waals surface area contributed by atoms with Crippen molar-refractivity contribution in [3.63, 3.8) is 0 Å². The molecule has 0 spiro atoms. The van der Waals surface area contributed by atoms with E-state index in [1.807, 2.05) is 0 Å². The summed E-state index contributed by atoms with van der Waals surface area (Å²) in [7, 11) is 0. The second-order valence-electron chi connectivity index (χ2n) is 6.06. The molecule has 0 aromatic heterocycles. The highest BCUT2D eigenvalue weighted by atomic mass is 16.6. The number of hydrogen-bond donors (Lipinski definition) is 0. The molecule has 6 heteroatoms. The minimum Gasteiger partial charge on any atom is -0.492 e. The maximum Gasteiger partial charge on any atom is 0.273 e. The van der Waals surface area contributed by atoms with Crippen LogP contribution < -0.4 is 4.74 Å². The van der Waals surface area contributed by atoms with Gasteiger partial charge in [-0.1, -0.05) is 6.07 Å². The summed E-state index contributed by atoms with van der Waals surface area (Å²) >= 11 is 0. The number of ether oxygens (including phenoxy) is 2. The zero-order chi connectivity index (χ0) is 15.4. The number of nitro groups is 1. The molecule has 1 aromatic rings. The molecule has 0 unspecified atom stereocenters. The lowest BCUT2D eigenvalue weighted by molar-refractivity contribution is -0.384. The molecule has 120 valence electrons. The van der Waals surface area contributed by atoms with Gasteiger partial charge in [0.25, 0.3) is 5.69 Å². The summed E-state index contributed by atoms with van der Waals surface area (Å²) in [4.78, 5) is 12.8. The molecule has 1 atom stereocenters. The fraction of sp³-hybridized carbons (Fsp3) is 0.625. The molecule has 1 aliphatic carbocycles. The van der Waals surface area contributed by atoms with Crippen LogP contribution in [0.3, 0.4) is 0 Å². The average molecular weight is 306 g/mol. The molecule has 0 amide bonds. The van der Waals surface area contributed by atoms with Crippen molar-refractivity contribution < 1.29 is 14.4 Å². The molecule has 3 rings (SSSR count). The van der Waals surface area contributed by atoms with Gasteiger partial charge in [0.15, 0.2) is 0 Å². The van der Waals surface area contributed by atoms with E-state index in [9.17, 15) is 10.1 Å². The van der Waals surface area contributed by atoms with Crippen molar-refractivity contribution >= 4 is 5.69 Å². The number of rotatable bonds is 8. The van der Waals surface area contributed by atoms with Crippen LogP contribution in [-0.2, 0) is 4.74 Å². The lowest BCUT2D eigenvalue weighted by Crippen LogP contribution is -2.35. The van der Waals surface area contributed by atoms with Gasteiger partial charge in [-0.25, -0.2) is 0 Å². The number of benzene rings is 1. The van der Waals surface area contributed by atoms with Gasteiger partial charge in [-0.3, -0.25) is 15.0 Å². The van der Waals surface area contributed by atoms with Crippen LogP contribution in [0.2, 0.25) is 0 Å². The first-order valence-electron chi connectivity index (χ1n) is 7.91. The van der Waals surface area contributed by atoms with E-state index < -0.39 is 4.92 Å². The second-order valence-corrected chi connectivity index (χ2v) is 6.06. The van der Waals surface area contributed by atoms with E-state index in [-0.39, 0.29) is 5.69 Å². The Kier molecular flexibility index (Phi) is 4.90. The van der Waals surface area contributed by atoms with Crippen LogP contribution in [0, 0.1) is 16.0 Å². The molecular weight excluding hydrogens is 284 g/mol. The predicted octanol–water partition coefficient (Wildman–Crippen LogP) is 2.47. The van der Waals surface area contributed by atoms with Crippen LogP contribution in [0.25, 0.3) is 0 Å². The van der Waals surface area contributed by atoms with E-state index in [0.29, 0.717) is 24.3 Å². The van der Waals surface area contributed by atoms with Crippen molar-refractivity contribution in [2.75, 3.05) is 32.9 Å². The smallest absolute Gasteiger partial charge is 0.273 e. The Morgan fingerprint density at radius 2 is 2.23 bits per heavy atom. The van der Waals surface area contributed by atoms with Crippen LogP contribution >= 0.6 is 0 Å². The van der Waals surface area contributed by atoms with Gasteiger partial charge >= 0.3 is 0 Å². The Morgan fingerprint density at radius 3 is 2.91 bits per heavy atom. The molecule has 1 aliphatic heterocycles. The number of nitrogens with zero attached hydrogens (tertiary/aromatic N) is 2.